The number of hydrogen-bond donors (Lipinski definition) is 1. The first-order valence-electron chi connectivity index (χ1n) is 6.43. The SMILES string of the molecule is COCCN1C(=O)COC(C(=O)O)C1c1cccc(Br)c1. The van der Waals surface area contributed by atoms with Crippen molar-refractivity contribution in [1.29, 1.82) is 0 Å². The molecule has 1 aliphatic heterocycles. The van der Waals surface area contributed by atoms with Gasteiger partial charge in [-0.1, -0.05) is 28.1 Å². The highest BCUT2D eigenvalue weighted by Crippen LogP contribution is 2.31. The number of aliphatic carboxylic acids is 1. The van der Waals surface area contributed by atoms with Gasteiger partial charge in [0.05, 0.1) is 12.6 Å². The van der Waals surface area contributed by atoms with Gasteiger partial charge in [-0.25, -0.2) is 4.79 Å². The zero-order valence-electron chi connectivity index (χ0n) is 11.5. The number of methoxy groups -OCH3 is 1. The molecule has 1 N–H and O–H groups in total. The van der Waals surface area contributed by atoms with E-state index in [1.54, 1.807) is 18.2 Å². The van der Waals surface area contributed by atoms with E-state index in [-0.39, 0.29) is 12.5 Å². The Balaban J connectivity index is 2.38. The standard InChI is InChI=1S/C14H16BrNO5/c1-20-6-5-16-11(17)8-21-13(14(18)19)12(16)9-3-2-4-10(15)7-9/h2-4,7,12-13H,5-6,8H2,1H3,(H,18,19). The first kappa shape index (κ1) is 15.9. The van der Waals surface area contributed by atoms with E-state index in [1.165, 1.54) is 12.0 Å². The Bertz CT molecular complexity index is 536. The summed E-state index contributed by atoms with van der Waals surface area (Å²) in [6.45, 7) is 0.424. The first-order chi connectivity index (χ1) is 10.0. The Morgan fingerprint density at radius 2 is 2.33 bits per heavy atom. The number of halogens is 1. The van der Waals surface area contributed by atoms with Crippen LogP contribution in [-0.4, -0.2) is 54.9 Å². The van der Waals surface area contributed by atoms with E-state index in [2.05, 4.69) is 15.9 Å². The highest BCUT2D eigenvalue weighted by molar-refractivity contribution is 9.10. The Morgan fingerprint density at radius 3 is 2.95 bits per heavy atom. The fraction of sp³-hybridized carbons (Fsp3) is 0.429. The molecular weight excluding hydrogens is 342 g/mol. The molecule has 0 aromatic heterocycles. The zero-order valence-corrected chi connectivity index (χ0v) is 13.1. The molecule has 1 heterocycles. The number of carbonyl (C=O) groups is 2. The van der Waals surface area contributed by atoms with Crippen LogP contribution in [-0.2, 0) is 19.1 Å². The van der Waals surface area contributed by atoms with Crippen LogP contribution < -0.4 is 0 Å². The summed E-state index contributed by atoms with van der Waals surface area (Å²) in [5.41, 5.74) is 0.709. The fourth-order valence-corrected chi connectivity index (χ4v) is 2.78. The molecule has 1 saturated heterocycles. The number of hydrogen-bond acceptors (Lipinski definition) is 4. The highest BCUT2D eigenvalue weighted by Gasteiger charge is 2.41. The van der Waals surface area contributed by atoms with Crippen LogP contribution in [0.3, 0.4) is 0 Å². The summed E-state index contributed by atoms with van der Waals surface area (Å²) in [5.74, 6) is -1.33. The van der Waals surface area contributed by atoms with Crippen molar-refractivity contribution in [3.05, 3.63) is 34.3 Å². The van der Waals surface area contributed by atoms with Gasteiger partial charge >= 0.3 is 5.97 Å². The number of amides is 1. The third kappa shape index (κ3) is 3.61. The molecule has 21 heavy (non-hydrogen) atoms. The van der Waals surface area contributed by atoms with Crippen molar-refractivity contribution >= 4 is 27.8 Å². The lowest BCUT2D eigenvalue weighted by molar-refractivity contribution is -0.173. The zero-order chi connectivity index (χ0) is 15.4. The highest BCUT2D eigenvalue weighted by atomic mass is 79.9. The maximum Gasteiger partial charge on any atom is 0.335 e. The van der Waals surface area contributed by atoms with Gasteiger partial charge in [-0.2, -0.15) is 0 Å². The molecule has 1 aliphatic rings. The van der Waals surface area contributed by atoms with Gasteiger partial charge in [-0.05, 0) is 17.7 Å². The molecule has 1 amide bonds. The van der Waals surface area contributed by atoms with Crippen LogP contribution in [0.1, 0.15) is 11.6 Å². The van der Waals surface area contributed by atoms with Gasteiger partial charge < -0.3 is 19.5 Å². The summed E-state index contributed by atoms with van der Waals surface area (Å²) in [6.07, 6.45) is -1.09. The predicted octanol–water partition coefficient (Wildman–Crippen LogP) is 1.45. The van der Waals surface area contributed by atoms with Crippen molar-refractivity contribution < 1.29 is 24.2 Å². The summed E-state index contributed by atoms with van der Waals surface area (Å²) < 4.78 is 11.0. The molecule has 7 heteroatoms. The molecule has 0 spiro atoms. The van der Waals surface area contributed by atoms with Crippen molar-refractivity contribution in [2.24, 2.45) is 0 Å². The van der Waals surface area contributed by atoms with Crippen LogP contribution in [0.2, 0.25) is 0 Å². The molecule has 2 unspecified atom stereocenters. The van der Waals surface area contributed by atoms with Gasteiger partial charge in [0.25, 0.3) is 0 Å². The Labute approximate surface area is 130 Å². The van der Waals surface area contributed by atoms with Gasteiger partial charge in [-0.15, -0.1) is 0 Å². The van der Waals surface area contributed by atoms with Gasteiger partial charge in [0.2, 0.25) is 5.91 Å². The van der Waals surface area contributed by atoms with E-state index in [4.69, 9.17) is 9.47 Å². The van der Waals surface area contributed by atoms with Gasteiger partial charge in [0.15, 0.2) is 6.10 Å². The first-order valence-corrected chi connectivity index (χ1v) is 7.22. The average Bonchev–Trinajstić information content (AvgIpc) is 2.45. The number of carboxylic acids is 1. The van der Waals surface area contributed by atoms with Crippen molar-refractivity contribution in [3.8, 4) is 0 Å². The van der Waals surface area contributed by atoms with E-state index in [0.717, 1.165) is 4.47 Å². The molecule has 1 aromatic rings. The third-order valence-electron chi connectivity index (χ3n) is 3.30. The molecular formula is C14H16BrNO5. The lowest BCUT2D eigenvalue weighted by atomic mass is 9.98. The molecule has 2 atom stereocenters. The smallest absolute Gasteiger partial charge is 0.335 e. The second-order valence-corrected chi connectivity index (χ2v) is 5.57. The molecule has 0 aliphatic carbocycles. The lowest BCUT2D eigenvalue weighted by Crippen LogP contribution is -2.52. The third-order valence-corrected chi connectivity index (χ3v) is 3.79. The van der Waals surface area contributed by atoms with Gasteiger partial charge in [-0.3, -0.25) is 4.79 Å². The minimum Gasteiger partial charge on any atom is -0.479 e. The topological polar surface area (TPSA) is 76.1 Å². The molecule has 1 aromatic carbocycles. The molecule has 1 fully saturated rings. The van der Waals surface area contributed by atoms with Crippen molar-refractivity contribution in [2.45, 2.75) is 12.1 Å². The van der Waals surface area contributed by atoms with Crippen LogP contribution >= 0.6 is 15.9 Å². The largest absolute Gasteiger partial charge is 0.479 e. The van der Waals surface area contributed by atoms with Crippen LogP contribution in [0.15, 0.2) is 28.7 Å². The van der Waals surface area contributed by atoms with E-state index in [1.807, 2.05) is 6.07 Å². The Hall–Kier alpha value is -1.44. The fourth-order valence-electron chi connectivity index (χ4n) is 2.36. The normalized spacial score (nSPS) is 22.4. The predicted molar refractivity (Wildman–Crippen MR) is 77.8 cm³/mol. The molecule has 114 valence electrons. The number of morpholine rings is 1. The second kappa shape index (κ2) is 7.02. The molecule has 0 radical (unpaired) electrons. The van der Waals surface area contributed by atoms with E-state index in [9.17, 15) is 14.7 Å². The second-order valence-electron chi connectivity index (χ2n) is 4.65. The summed E-state index contributed by atoms with van der Waals surface area (Å²) in [5, 5.41) is 9.36. The van der Waals surface area contributed by atoms with Crippen LogP contribution in [0.4, 0.5) is 0 Å². The Kier molecular flexibility index (Phi) is 5.33. The number of rotatable bonds is 5. The van der Waals surface area contributed by atoms with Crippen LogP contribution in [0.25, 0.3) is 0 Å². The summed E-state index contributed by atoms with van der Waals surface area (Å²) in [4.78, 5) is 25.0. The number of benzene rings is 1. The molecule has 2 rings (SSSR count). The number of ether oxygens (including phenoxy) is 2. The minimum atomic E-state index is -1.09. The van der Waals surface area contributed by atoms with Crippen molar-refractivity contribution in [1.82, 2.24) is 4.90 Å². The summed E-state index contributed by atoms with van der Waals surface area (Å²) in [6, 6.07) is 6.54. The monoisotopic (exact) mass is 357 g/mol. The maximum absolute atomic E-state index is 12.1. The minimum absolute atomic E-state index is 0.231. The van der Waals surface area contributed by atoms with Gasteiger partial charge in [0.1, 0.15) is 6.61 Å². The molecule has 6 nitrogen and oxygen atoms in total. The maximum atomic E-state index is 12.1. The quantitative estimate of drug-likeness (QED) is 0.862. The van der Waals surface area contributed by atoms with E-state index in [0.29, 0.717) is 18.7 Å². The number of carboxylic acid groups (broad SMARTS) is 1. The van der Waals surface area contributed by atoms with Crippen LogP contribution in [0.5, 0.6) is 0 Å². The lowest BCUT2D eigenvalue weighted by Gasteiger charge is -2.39. The number of nitrogens with zero attached hydrogens (tertiary/aromatic N) is 1. The Morgan fingerprint density at radius 1 is 1.57 bits per heavy atom. The summed E-state index contributed by atoms with van der Waals surface area (Å²) >= 11 is 3.36. The van der Waals surface area contributed by atoms with E-state index < -0.39 is 18.1 Å². The molecule has 0 saturated carbocycles. The summed E-state index contributed by atoms with van der Waals surface area (Å²) in [7, 11) is 1.54. The van der Waals surface area contributed by atoms with Crippen molar-refractivity contribution in [2.75, 3.05) is 26.9 Å². The van der Waals surface area contributed by atoms with Crippen LogP contribution in [0, 0.1) is 0 Å². The molecule has 0 bridgehead atoms. The van der Waals surface area contributed by atoms with Gasteiger partial charge in [0, 0.05) is 18.1 Å². The number of carbonyl (C=O) groups excluding carboxylic acids is 1. The average molecular weight is 358 g/mol. The van der Waals surface area contributed by atoms with Crippen molar-refractivity contribution in [3.63, 3.8) is 0 Å². The van der Waals surface area contributed by atoms with E-state index >= 15 is 0 Å².